The summed E-state index contributed by atoms with van der Waals surface area (Å²) in [5.74, 6) is 0.563. The molecule has 1 aromatic heterocycles. The first-order valence-electron chi connectivity index (χ1n) is 24.9. The van der Waals surface area contributed by atoms with Crippen molar-refractivity contribution in [2.24, 2.45) is 0 Å². The van der Waals surface area contributed by atoms with Crippen molar-refractivity contribution >= 4 is 49.6 Å². The van der Waals surface area contributed by atoms with Crippen LogP contribution in [0.5, 0.6) is 0 Å². The molecule has 336 valence electrons. The highest BCUT2D eigenvalue weighted by Gasteiger charge is 2.28. The molecule has 9 aromatic carbocycles. The third kappa shape index (κ3) is 7.90. The summed E-state index contributed by atoms with van der Waals surface area (Å²) < 4.78 is 2.41. The Balaban J connectivity index is 1.19. The van der Waals surface area contributed by atoms with Gasteiger partial charge in [0, 0.05) is 33.2 Å². The summed E-state index contributed by atoms with van der Waals surface area (Å²) in [4.78, 5) is 2.58. The minimum absolute atomic E-state index is 0.0312. The van der Waals surface area contributed by atoms with E-state index in [9.17, 15) is 0 Å². The van der Waals surface area contributed by atoms with Crippen molar-refractivity contribution in [2.75, 3.05) is 4.90 Å². The second kappa shape index (κ2) is 17.5. The average Bonchev–Trinajstić information content (AvgIpc) is 3.70. The van der Waals surface area contributed by atoms with E-state index in [1.54, 1.807) is 0 Å². The monoisotopic (exact) mass is 882 g/mol. The SMILES string of the molecule is CC(C)(C)c1cc(-c2ccccc2N(c2ccccc2-c2ccc3c(c2)c2ccccc2n3-c2ccccc2)c2ccccc2-c2cccc3cccc(C4CCCCC4)c23)cc(C(C)(C)C)c1. The van der Waals surface area contributed by atoms with E-state index >= 15 is 0 Å². The van der Waals surface area contributed by atoms with Crippen LogP contribution in [-0.2, 0) is 10.8 Å². The molecule has 0 unspecified atom stereocenters. The number of hydrogen-bond donors (Lipinski definition) is 0. The molecule has 2 heteroatoms. The Labute approximate surface area is 403 Å². The van der Waals surface area contributed by atoms with E-state index < -0.39 is 0 Å². The first-order valence-corrected chi connectivity index (χ1v) is 24.9. The van der Waals surface area contributed by atoms with Gasteiger partial charge in [0.2, 0.25) is 0 Å². The summed E-state index contributed by atoms with van der Waals surface area (Å²) in [6.07, 6.45) is 6.43. The lowest BCUT2D eigenvalue weighted by atomic mass is 9.78. The number of hydrogen-bond acceptors (Lipinski definition) is 1. The molecule has 1 fully saturated rings. The standard InChI is InChI=1S/C66H62N2/c1-65(2,3)49-41-48(42-50(44-49)66(4,5)6)53-30-14-18-36-60(53)68(62-38-20-15-31-55(62)57-34-22-26-46-25-21-33-54(64(46)57)45-23-9-7-10-24-45)59-35-17-13-29-52(59)47-39-40-63-58(43-47)56-32-16-19-37-61(56)67(63)51-27-11-8-12-28-51/h8,11-22,25-45H,7,9-10,23-24H2,1-6H3. The van der Waals surface area contributed by atoms with Crippen LogP contribution in [0.15, 0.2) is 200 Å². The number of para-hydroxylation sites is 5. The van der Waals surface area contributed by atoms with Crippen molar-refractivity contribution in [2.45, 2.75) is 90.4 Å². The van der Waals surface area contributed by atoms with Crippen LogP contribution in [-0.4, -0.2) is 4.57 Å². The van der Waals surface area contributed by atoms with Crippen molar-refractivity contribution in [3.05, 3.63) is 217 Å². The largest absolute Gasteiger partial charge is 0.309 e. The maximum absolute atomic E-state index is 2.58. The molecule has 0 spiro atoms. The Bertz CT molecular complexity index is 3420. The van der Waals surface area contributed by atoms with Gasteiger partial charge >= 0.3 is 0 Å². The summed E-state index contributed by atoms with van der Waals surface area (Å²) >= 11 is 0. The van der Waals surface area contributed by atoms with Crippen LogP contribution in [0.3, 0.4) is 0 Å². The molecule has 0 atom stereocenters. The van der Waals surface area contributed by atoms with Crippen molar-refractivity contribution in [3.63, 3.8) is 0 Å². The number of anilines is 3. The van der Waals surface area contributed by atoms with Gasteiger partial charge in [-0.25, -0.2) is 0 Å². The topological polar surface area (TPSA) is 8.17 Å². The van der Waals surface area contributed by atoms with E-state index in [2.05, 4.69) is 251 Å². The lowest BCUT2D eigenvalue weighted by Gasteiger charge is -2.33. The summed E-state index contributed by atoms with van der Waals surface area (Å²) in [5, 5.41) is 5.19. The van der Waals surface area contributed by atoms with Crippen LogP contribution in [0.2, 0.25) is 0 Å². The van der Waals surface area contributed by atoms with Gasteiger partial charge in [-0.15, -0.1) is 0 Å². The Morgan fingerprint density at radius 2 is 0.941 bits per heavy atom. The molecule has 0 amide bonds. The third-order valence-corrected chi connectivity index (χ3v) is 14.7. The molecular formula is C66H62N2. The lowest BCUT2D eigenvalue weighted by molar-refractivity contribution is 0.445. The summed E-state index contributed by atoms with van der Waals surface area (Å²) in [6.45, 7) is 14.0. The van der Waals surface area contributed by atoms with Crippen LogP contribution in [0.4, 0.5) is 17.1 Å². The molecule has 1 saturated carbocycles. The first kappa shape index (κ1) is 43.4. The maximum atomic E-state index is 2.58. The number of fused-ring (bicyclic) bond motifs is 4. The molecule has 1 heterocycles. The zero-order chi connectivity index (χ0) is 46.6. The van der Waals surface area contributed by atoms with Crippen molar-refractivity contribution in [3.8, 4) is 39.1 Å². The number of benzene rings is 9. The highest BCUT2D eigenvalue weighted by molar-refractivity contribution is 6.11. The second-order valence-corrected chi connectivity index (χ2v) is 21.2. The predicted octanol–water partition coefficient (Wildman–Crippen LogP) is 19.1. The zero-order valence-corrected chi connectivity index (χ0v) is 40.6. The Morgan fingerprint density at radius 1 is 0.412 bits per heavy atom. The molecule has 68 heavy (non-hydrogen) atoms. The first-order chi connectivity index (χ1) is 33.0. The highest BCUT2D eigenvalue weighted by Crippen LogP contribution is 2.50. The zero-order valence-electron chi connectivity index (χ0n) is 40.6. The van der Waals surface area contributed by atoms with E-state index in [0.717, 1.165) is 22.7 Å². The third-order valence-electron chi connectivity index (χ3n) is 14.7. The van der Waals surface area contributed by atoms with Crippen LogP contribution >= 0.6 is 0 Å². The molecule has 1 aliphatic rings. The summed E-state index contributed by atoms with van der Waals surface area (Å²) in [7, 11) is 0. The van der Waals surface area contributed by atoms with Gasteiger partial charge in [-0.05, 0) is 122 Å². The molecule has 0 radical (unpaired) electrons. The smallest absolute Gasteiger partial charge is 0.0541 e. The van der Waals surface area contributed by atoms with Crippen LogP contribution < -0.4 is 4.90 Å². The molecule has 11 rings (SSSR count). The van der Waals surface area contributed by atoms with Crippen LogP contribution in [0.25, 0.3) is 71.6 Å². The van der Waals surface area contributed by atoms with Gasteiger partial charge in [-0.1, -0.05) is 212 Å². The van der Waals surface area contributed by atoms with Gasteiger partial charge in [0.15, 0.2) is 0 Å². The van der Waals surface area contributed by atoms with Gasteiger partial charge in [0.1, 0.15) is 0 Å². The lowest BCUT2D eigenvalue weighted by Crippen LogP contribution is -2.17. The van der Waals surface area contributed by atoms with E-state index in [1.165, 1.54) is 115 Å². The van der Waals surface area contributed by atoms with Gasteiger partial charge < -0.3 is 9.47 Å². The minimum atomic E-state index is -0.0312. The van der Waals surface area contributed by atoms with E-state index in [4.69, 9.17) is 0 Å². The maximum Gasteiger partial charge on any atom is 0.0541 e. The highest BCUT2D eigenvalue weighted by atomic mass is 15.1. The second-order valence-electron chi connectivity index (χ2n) is 21.2. The fourth-order valence-corrected chi connectivity index (χ4v) is 11.1. The Kier molecular flexibility index (Phi) is 11.2. The fourth-order valence-electron chi connectivity index (χ4n) is 11.1. The Morgan fingerprint density at radius 3 is 1.60 bits per heavy atom. The number of nitrogens with zero attached hydrogens (tertiary/aromatic N) is 2. The van der Waals surface area contributed by atoms with E-state index in [0.29, 0.717) is 5.92 Å². The van der Waals surface area contributed by atoms with Crippen LogP contribution in [0, 0.1) is 0 Å². The van der Waals surface area contributed by atoms with Gasteiger partial charge in [-0.3, -0.25) is 0 Å². The van der Waals surface area contributed by atoms with E-state index in [-0.39, 0.29) is 10.8 Å². The average molecular weight is 883 g/mol. The Hall–Kier alpha value is -7.16. The normalized spacial score (nSPS) is 13.7. The summed E-state index contributed by atoms with van der Waals surface area (Å²) in [6, 6.07) is 75.4. The molecular weight excluding hydrogens is 821 g/mol. The minimum Gasteiger partial charge on any atom is -0.309 e. The molecule has 0 bridgehead atoms. The number of rotatable bonds is 8. The van der Waals surface area contributed by atoms with Crippen molar-refractivity contribution in [1.82, 2.24) is 4.57 Å². The van der Waals surface area contributed by atoms with Gasteiger partial charge in [-0.2, -0.15) is 0 Å². The summed E-state index contributed by atoms with van der Waals surface area (Å²) in [5.41, 5.74) is 18.4. The molecule has 10 aromatic rings. The van der Waals surface area contributed by atoms with E-state index in [1.807, 2.05) is 0 Å². The molecule has 1 aliphatic carbocycles. The van der Waals surface area contributed by atoms with Gasteiger partial charge in [0.05, 0.1) is 28.1 Å². The van der Waals surface area contributed by atoms with Gasteiger partial charge in [0.25, 0.3) is 0 Å². The van der Waals surface area contributed by atoms with Crippen molar-refractivity contribution in [1.29, 1.82) is 0 Å². The number of aromatic nitrogens is 1. The predicted molar refractivity (Wildman–Crippen MR) is 293 cm³/mol. The molecule has 0 N–H and O–H groups in total. The molecule has 0 saturated heterocycles. The molecule has 0 aliphatic heterocycles. The van der Waals surface area contributed by atoms with Crippen molar-refractivity contribution < 1.29 is 0 Å². The molecule has 2 nitrogen and oxygen atoms in total. The quantitative estimate of drug-likeness (QED) is 0.148. The van der Waals surface area contributed by atoms with Crippen LogP contribution in [0.1, 0.15) is 96.3 Å². The fraction of sp³-hybridized carbons (Fsp3) is 0.212.